The first-order valence-corrected chi connectivity index (χ1v) is 9.21. The second kappa shape index (κ2) is 8.57. The van der Waals surface area contributed by atoms with Gasteiger partial charge in [-0.05, 0) is 41.3 Å². The number of carboxylic acids is 1. The van der Waals surface area contributed by atoms with E-state index in [1.807, 2.05) is 69.4 Å². The fourth-order valence-corrected chi connectivity index (χ4v) is 3.31. The molecule has 2 atom stereocenters. The molecule has 140 valence electrons. The molecule has 0 saturated heterocycles. The average Bonchev–Trinajstić information content (AvgIpc) is 2.70. The Hall–Kier alpha value is -3.34. The lowest BCUT2D eigenvalue weighted by Crippen LogP contribution is -2.25. The van der Waals surface area contributed by atoms with Crippen molar-refractivity contribution in [2.24, 2.45) is 0 Å². The lowest BCUT2D eigenvalue weighted by atomic mass is 9.81. The average molecular weight is 371 g/mol. The molecule has 0 radical (unpaired) electrons. The summed E-state index contributed by atoms with van der Waals surface area (Å²) >= 11 is 0. The summed E-state index contributed by atoms with van der Waals surface area (Å²) in [5, 5.41) is 12.1. The number of anilines is 1. The van der Waals surface area contributed by atoms with Crippen LogP contribution in [0, 0.1) is 0 Å². The summed E-state index contributed by atoms with van der Waals surface area (Å²) in [4.78, 5) is 24.3. The fourth-order valence-electron chi connectivity index (χ4n) is 3.31. The molecule has 3 aromatic rings. The minimum atomic E-state index is -0.962. The van der Waals surface area contributed by atoms with E-state index in [2.05, 4.69) is 5.32 Å². The first-order valence-electron chi connectivity index (χ1n) is 9.21. The largest absolute Gasteiger partial charge is 0.478 e. The van der Waals surface area contributed by atoms with Crippen LogP contribution in [-0.2, 0) is 4.79 Å². The molecule has 5 heteroatoms. The minimum absolute atomic E-state index is 0.0927. The molecule has 0 saturated carbocycles. The Morgan fingerprint density at radius 3 is 2.04 bits per heavy atom. The molecule has 3 rings (SSSR count). The van der Waals surface area contributed by atoms with Crippen LogP contribution in [0.3, 0.4) is 0 Å². The normalized spacial score (nSPS) is 12.8. The van der Waals surface area contributed by atoms with Gasteiger partial charge in [0, 0.05) is 5.69 Å². The molecule has 0 aromatic heterocycles. The maximum atomic E-state index is 13.2. The van der Waals surface area contributed by atoms with E-state index in [0.29, 0.717) is 0 Å². The maximum Gasteiger partial charge on any atom is 0.335 e. The summed E-state index contributed by atoms with van der Waals surface area (Å²) in [6.07, 6.45) is 0. The van der Waals surface area contributed by atoms with E-state index < -0.39 is 11.9 Å². The van der Waals surface area contributed by atoms with E-state index in [1.54, 1.807) is 24.3 Å². The number of rotatable bonds is 6. The molecule has 0 aliphatic carbocycles. The molecule has 1 amide bonds. The fraction of sp³-hybridized carbons (Fsp3) is 0.130. The van der Waals surface area contributed by atoms with Gasteiger partial charge in [0.1, 0.15) is 7.85 Å². The zero-order valence-corrected chi connectivity index (χ0v) is 15.9. The van der Waals surface area contributed by atoms with E-state index in [4.69, 9.17) is 5.11 Å². The summed E-state index contributed by atoms with van der Waals surface area (Å²) < 4.78 is 0. The standard InChI is InChI=1S/C23H22BNO3/c1-15(16-7-9-18(10-8-16)23(27)28)21(17-5-3-2-4-6-17)22(26)25-20-13-11-19(24)12-14-20/h2-15,21H,24H2,1H3,(H,25,26)(H,27,28)/t15?,21-/m1/s1. The highest BCUT2D eigenvalue weighted by molar-refractivity contribution is 6.32. The van der Waals surface area contributed by atoms with Gasteiger partial charge < -0.3 is 10.4 Å². The highest BCUT2D eigenvalue weighted by atomic mass is 16.4. The van der Waals surface area contributed by atoms with Crippen LogP contribution in [-0.4, -0.2) is 24.8 Å². The van der Waals surface area contributed by atoms with Crippen molar-refractivity contribution in [2.45, 2.75) is 18.8 Å². The highest BCUT2D eigenvalue weighted by Gasteiger charge is 2.28. The third-order valence-corrected chi connectivity index (χ3v) is 4.94. The van der Waals surface area contributed by atoms with Crippen LogP contribution in [0.5, 0.6) is 0 Å². The number of hydrogen-bond acceptors (Lipinski definition) is 2. The van der Waals surface area contributed by atoms with Crippen molar-refractivity contribution in [1.82, 2.24) is 0 Å². The van der Waals surface area contributed by atoms with Crippen molar-refractivity contribution in [3.63, 3.8) is 0 Å². The van der Waals surface area contributed by atoms with Gasteiger partial charge in [-0.3, -0.25) is 4.79 Å². The van der Waals surface area contributed by atoms with Crippen molar-refractivity contribution < 1.29 is 14.7 Å². The van der Waals surface area contributed by atoms with Crippen LogP contribution in [0.2, 0.25) is 0 Å². The SMILES string of the molecule is Bc1ccc(NC(=O)[C@@H](c2ccccc2)C(C)c2ccc(C(=O)O)cc2)cc1. The number of nitrogens with one attached hydrogen (secondary N) is 1. The zero-order valence-electron chi connectivity index (χ0n) is 15.9. The molecular weight excluding hydrogens is 349 g/mol. The summed E-state index contributed by atoms with van der Waals surface area (Å²) in [5.41, 5.74) is 3.95. The van der Waals surface area contributed by atoms with Crippen molar-refractivity contribution in [1.29, 1.82) is 0 Å². The molecular formula is C23H22BNO3. The Morgan fingerprint density at radius 1 is 0.857 bits per heavy atom. The lowest BCUT2D eigenvalue weighted by Gasteiger charge is -2.24. The van der Waals surface area contributed by atoms with E-state index in [0.717, 1.165) is 22.3 Å². The zero-order chi connectivity index (χ0) is 20.1. The van der Waals surface area contributed by atoms with Crippen LogP contribution in [0.4, 0.5) is 5.69 Å². The maximum absolute atomic E-state index is 13.2. The van der Waals surface area contributed by atoms with Crippen LogP contribution in [0.15, 0.2) is 78.9 Å². The van der Waals surface area contributed by atoms with Crippen molar-refractivity contribution >= 4 is 30.9 Å². The van der Waals surface area contributed by atoms with Crippen molar-refractivity contribution in [2.75, 3.05) is 5.32 Å². The molecule has 0 aliphatic heterocycles. The van der Waals surface area contributed by atoms with Gasteiger partial charge in [0.2, 0.25) is 5.91 Å². The number of amides is 1. The second-order valence-electron chi connectivity index (χ2n) is 6.96. The molecule has 28 heavy (non-hydrogen) atoms. The van der Waals surface area contributed by atoms with Gasteiger partial charge in [-0.15, -0.1) is 0 Å². The van der Waals surface area contributed by atoms with Gasteiger partial charge in [0.25, 0.3) is 0 Å². The Balaban J connectivity index is 1.91. The van der Waals surface area contributed by atoms with Crippen molar-refractivity contribution in [3.05, 3.63) is 95.6 Å². The quantitative estimate of drug-likeness (QED) is 0.654. The highest BCUT2D eigenvalue weighted by Crippen LogP contribution is 2.34. The summed E-state index contributed by atoms with van der Waals surface area (Å²) in [7, 11) is 2.00. The van der Waals surface area contributed by atoms with Gasteiger partial charge in [-0.1, -0.05) is 67.0 Å². The molecule has 0 spiro atoms. The number of carbonyl (C=O) groups is 2. The third kappa shape index (κ3) is 4.49. The number of benzene rings is 3. The molecule has 0 bridgehead atoms. The predicted octanol–water partition coefficient (Wildman–Crippen LogP) is 3.17. The van der Waals surface area contributed by atoms with Gasteiger partial charge in [-0.2, -0.15) is 0 Å². The minimum Gasteiger partial charge on any atom is -0.478 e. The van der Waals surface area contributed by atoms with E-state index in [-0.39, 0.29) is 17.4 Å². The topological polar surface area (TPSA) is 66.4 Å². The van der Waals surface area contributed by atoms with Gasteiger partial charge in [-0.25, -0.2) is 4.79 Å². The third-order valence-electron chi connectivity index (χ3n) is 4.94. The van der Waals surface area contributed by atoms with E-state index >= 15 is 0 Å². The van der Waals surface area contributed by atoms with Crippen LogP contribution in [0.25, 0.3) is 0 Å². The van der Waals surface area contributed by atoms with E-state index in [9.17, 15) is 9.59 Å². The lowest BCUT2D eigenvalue weighted by molar-refractivity contribution is -0.118. The molecule has 1 unspecified atom stereocenters. The smallest absolute Gasteiger partial charge is 0.335 e. The number of aromatic carboxylic acids is 1. The molecule has 2 N–H and O–H groups in total. The molecule has 0 fully saturated rings. The summed E-state index contributed by atoms with van der Waals surface area (Å²) in [5.74, 6) is -1.59. The monoisotopic (exact) mass is 371 g/mol. The summed E-state index contributed by atoms with van der Waals surface area (Å²) in [6.45, 7) is 1.99. The van der Waals surface area contributed by atoms with Crippen molar-refractivity contribution in [3.8, 4) is 0 Å². The predicted molar refractivity (Wildman–Crippen MR) is 114 cm³/mol. The molecule has 3 aromatic carbocycles. The van der Waals surface area contributed by atoms with E-state index in [1.165, 1.54) is 0 Å². The Labute approximate surface area is 165 Å². The summed E-state index contributed by atoms with van der Waals surface area (Å²) in [6, 6.07) is 24.1. The van der Waals surface area contributed by atoms with Crippen LogP contribution in [0.1, 0.15) is 40.2 Å². The van der Waals surface area contributed by atoms with Gasteiger partial charge in [0.05, 0.1) is 11.5 Å². The Morgan fingerprint density at radius 2 is 1.46 bits per heavy atom. The second-order valence-corrected chi connectivity index (χ2v) is 6.96. The first-order chi connectivity index (χ1) is 13.5. The van der Waals surface area contributed by atoms with Gasteiger partial charge in [0.15, 0.2) is 0 Å². The van der Waals surface area contributed by atoms with Crippen LogP contribution >= 0.6 is 0 Å². The molecule has 0 heterocycles. The Bertz CT molecular complexity index is 953. The number of carboxylic acid groups (broad SMARTS) is 1. The van der Waals surface area contributed by atoms with Crippen LogP contribution < -0.4 is 10.8 Å². The first kappa shape index (κ1) is 19.4. The number of hydrogen-bond donors (Lipinski definition) is 2. The number of carbonyl (C=O) groups excluding carboxylic acids is 1. The molecule has 4 nitrogen and oxygen atoms in total. The Kier molecular flexibility index (Phi) is 5.95. The molecule has 0 aliphatic rings. The van der Waals surface area contributed by atoms with Gasteiger partial charge >= 0.3 is 5.97 Å².